The fraction of sp³-hybridized carbons (Fsp3) is 1.00. The highest BCUT2D eigenvalue weighted by atomic mass is 16.5. The lowest BCUT2D eigenvalue weighted by atomic mass is 9.83. The molecule has 1 nitrogen and oxygen atoms in total. The first-order valence-corrected chi connectivity index (χ1v) is 10.4. The molecule has 0 aliphatic heterocycles. The van der Waals surface area contributed by atoms with E-state index in [9.17, 15) is 0 Å². The maximum absolute atomic E-state index is 6.66. The van der Waals surface area contributed by atoms with Crippen molar-refractivity contribution in [1.82, 2.24) is 0 Å². The summed E-state index contributed by atoms with van der Waals surface area (Å²) < 4.78 is 6.66. The SMILES string of the molecule is CCCCCCC(C)C(C)(C)OC(C)(C)C(C)CCCCCC. The second-order valence-corrected chi connectivity index (χ2v) is 8.81. The summed E-state index contributed by atoms with van der Waals surface area (Å²) >= 11 is 0. The van der Waals surface area contributed by atoms with E-state index in [4.69, 9.17) is 4.74 Å². The van der Waals surface area contributed by atoms with Crippen molar-refractivity contribution in [2.75, 3.05) is 0 Å². The van der Waals surface area contributed by atoms with Gasteiger partial charge in [-0.05, 0) is 52.4 Å². The lowest BCUT2D eigenvalue weighted by Gasteiger charge is -2.43. The van der Waals surface area contributed by atoms with Crippen LogP contribution in [0.4, 0.5) is 0 Å². The van der Waals surface area contributed by atoms with Crippen LogP contribution in [-0.2, 0) is 4.74 Å². The van der Waals surface area contributed by atoms with Crippen LogP contribution < -0.4 is 0 Å². The summed E-state index contributed by atoms with van der Waals surface area (Å²) in [6.45, 7) is 18.5. The number of hydrogen-bond acceptors (Lipinski definition) is 1. The largest absolute Gasteiger partial charge is 0.369 e. The molecule has 0 aromatic rings. The van der Waals surface area contributed by atoms with Gasteiger partial charge >= 0.3 is 0 Å². The Morgan fingerprint density at radius 3 is 1.26 bits per heavy atom. The van der Waals surface area contributed by atoms with Gasteiger partial charge in [-0.15, -0.1) is 0 Å². The first-order valence-electron chi connectivity index (χ1n) is 10.4. The Labute approximate surface area is 148 Å². The lowest BCUT2D eigenvalue weighted by Crippen LogP contribution is -2.45. The molecule has 0 rings (SSSR count). The van der Waals surface area contributed by atoms with E-state index in [2.05, 4.69) is 55.4 Å². The van der Waals surface area contributed by atoms with Crippen LogP contribution in [0.15, 0.2) is 0 Å². The van der Waals surface area contributed by atoms with E-state index in [1.54, 1.807) is 0 Å². The van der Waals surface area contributed by atoms with Gasteiger partial charge in [0.05, 0.1) is 11.2 Å². The maximum Gasteiger partial charge on any atom is 0.0659 e. The van der Waals surface area contributed by atoms with E-state index in [-0.39, 0.29) is 11.2 Å². The van der Waals surface area contributed by atoms with Crippen molar-refractivity contribution < 1.29 is 4.74 Å². The molecule has 2 unspecified atom stereocenters. The predicted molar refractivity (Wildman–Crippen MR) is 105 cm³/mol. The molecule has 0 bridgehead atoms. The Bertz CT molecular complexity index is 252. The van der Waals surface area contributed by atoms with Gasteiger partial charge in [0, 0.05) is 0 Å². The van der Waals surface area contributed by atoms with E-state index in [1.807, 2.05) is 0 Å². The van der Waals surface area contributed by atoms with Crippen molar-refractivity contribution in [2.45, 2.75) is 131 Å². The van der Waals surface area contributed by atoms with E-state index in [0.29, 0.717) is 11.8 Å². The van der Waals surface area contributed by atoms with Crippen molar-refractivity contribution in [3.8, 4) is 0 Å². The van der Waals surface area contributed by atoms with E-state index in [1.165, 1.54) is 64.2 Å². The Morgan fingerprint density at radius 2 is 0.957 bits per heavy atom. The smallest absolute Gasteiger partial charge is 0.0659 e. The summed E-state index contributed by atoms with van der Waals surface area (Å²) in [5, 5.41) is 0. The van der Waals surface area contributed by atoms with Crippen LogP contribution in [0.3, 0.4) is 0 Å². The summed E-state index contributed by atoms with van der Waals surface area (Å²) in [6.07, 6.45) is 13.4. The average Bonchev–Trinajstić information content (AvgIpc) is 2.46. The molecule has 0 aliphatic carbocycles. The lowest BCUT2D eigenvalue weighted by molar-refractivity contribution is -0.169. The van der Waals surface area contributed by atoms with Crippen molar-refractivity contribution in [3.05, 3.63) is 0 Å². The maximum atomic E-state index is 6.66. The van der Waals surface area contributed by atoms with Crippen molar-refractivity contribution in [3.63, 3.8) is 0 Å². The summed E-state index contributed by atoms with van der Waals surface area (Å²) in [7, 11) is 0. The zero-order valence-corrected chi connectivity index (χ0v) is 17.6. The van der Waals surface area contributed by atoms with Gasteiger partial charge in [0.15, 0.2) is 0 Å². The van der Waals surface area contributed by atoms with E-state index >= 15 is 0 Å². The molecule has 23 heavy (non-hydrogen) atoms. The van der Waals surface area contributed by atoms with Crippen LogP contribution in [0, 0.1) is 11.8 Å². The summed E-state index contributed by atoms with van der Waals surface area (Å²) in [4.78, 5) is 0. The van der Waals surface area contributed by atoms with Gasteiger partial charge in [0.2, 0.25) is 0 Å². The minimum Gasteiger partial charge on any atom is -0.369 e. The number of unbranched alkanes of at least 4 members (excludes halogenated alkanes) is 6. The normalized spacial score (nSPS) is 15.7. The zero-order valence-electron chi connectivity index (χ0n) is 17.6. The van der Waals surface area contributed by atoms with Gasteiger partial charge in [-0.1, -0.05) is 79.1 Å². The second-order valence-electron chi connectivity index (χ2n) is 8.81. The highest BCUT2D eigenvalue weighted by Gasteiger charge is 2.36. The van der Waals surface area contributed by atoms with Crippen LogP contribution in [0.25, 0.3) is 0 Å². The number of hydrogen-bond donors (Lipinski definition) is 0. The monoisotopic (exact) mass is 326 g/mol. The third kappa shape index (κ3) is 9.75. The van der Waals surface area contributed by atoms with Crippen molar-refractivity contribution >= 4 is 0 Å². The Balaban J connectivity index is 4.35. The van der Waals surface area contributed by atoms with Crippen molar-refractivity contribution in [2.24, 2.45) is 11.8 Å². The quantitative estimate of drug-likeness (QED) is 0.296. The molecule has 140 valence electrons. The average molecular weight is 327 g/mol. The van der Waals surface area contributed by atoms with Gasteiger partial charge in [0.25, 0.3) is 0 Å². The van der Waals surface area contributed by atoms with Gasteiger partial charge in [0.1, 0.15) is 0 Å². The van der Waals surface area contributed by atoms with E-state index in [0.717, 1.165) is 0 Å². The Kier molecular flexibility index (Phi) is 11.5. The van der Waals surface area contributed by atoms with Gasteiger partial charge in [-0.25, -0.2) is 0 Å². The molecule has 0 spiro atoms. The zero-order chi connectivity index (χ0) is 17.9. The van der Waals surface area contributed by atoms with Gasteiger partial charge in [-0.3, -0.25) is 0 Å². The first kappa shape index (κ1) is 23.0. The third-order valence-corrected chi connectivity index (χ3v) is 5.88. The Hall–Kier alpha value is -0.0400. The van der Waals surface area contributed by atoms with E-state index < -0.39 is 0 Å². The number of rotatable bonds is 14. The summed E-state index contributed by atoms with van der Waals surface area (Å²) in [6, 6.07) is 0. The minimum atomic E-state index is -0.0343. The molecule has 2 atom stereocenters. The molecule has 0 heterocycles. The molecule has 0 aromatic carbocycles. The third-order valence-electron chi connectivity index (χ3n) is 5.88. The number of ether oxygens (including phenoxy) is 1. The highest BCUT2D eigenvalue weighted by Crippen LogP contribution is 2.35. The van der Waals surface area contributed by atoms with Crippen LogP contribution in [-0.4, -0.2) is 11.2 Å². The minimum absolute atomic E-state index is 0.0343. The molecule has 0 fully saturated rings. The molecular weight excluding hydrogens is 280 g/mol. The summed E-state index contributed by atoms with van der Waals surface area (Å²) in [5.74, 6) is 1.23. The molecule has 0 aliphatic rings. The predicted octanol–water partition coefficient (Wildman–Crippen LogP) is 7.77. The molecule has 0 radical (unpaired) electrons. The van der Waals surface area contributed by atoms with Gasteiger partial charge < -0.3 is 4.74 Å². The first-order chi connectivity index (χ1) is 10.7. The molecule has 0 amide bonds. The fourth-order valence-electron chi connectivity index (χ4n) is 3.33. The molecule has 0 saturated heterocycles. The van der Waals surface area contributed by atoms with Crippen LogP contribution in [0.2, 0.25) is 0 Å². The topological polar surface area (TPSA) is 9.23 Å². The van der Waals surface area contributed by atoms with Crippen LogP contribution >= 0.6 is 0 Å². The summed E-state index contributed by atoms with van der Waals surface area (Å²) in [5.41, 5.74) is -0.0687. The van der Waals surface area contributed by atoms with Gasteiger partial charge in [-0.2, -0.15) is 0 Å². The van der Waals surface area contributed by atoms with Crippen LogP contribution in [0.1, 0.15) is 120 Å². The fourth-order valence-corrected chi connectivity index (χ4v) is 3.33. The Morgan fingerprint density at radius 1 is 0.609 bits per heavy atom. The molecule has 0 aromatic heterocycles. The second kappa shape index (κ2) is 11.5. The molecule has 1 heteroatoms. The highest BCUT2D eigenvalue weighted by molar-refractivity contribution is 4.84. The molecular formula is C22H46O. The molecule has 0 N–H and O–H groups in total. The molecule has 0 saturated carbocycles. The van der Waals surface area contributed by atoms with Crippen LogP contribution in [0.5, 0.6) is 0 Å². The standard InChI is InChI=1S/C22H46O/c1-9-11-13-15-17-19(3)21(5,6)23-22(7,8)20(4)18-16-14-12-10-2/h19-20H,9-18H2,1-8H3. The van der Waals surface area contributed by atoms with Crippen molar-refractivity contribution in [1.29, 1.82) is 0 Å².